The van der Waals surface area contributed by atoms with Crippen molar-refractivity contribution in [3.05, 3.63) is 34.0 Å². The molecular formula is C12H13ClFN3OS. The minimum atomic E-state index is -0.404. The third-order valence-corrected chi connectivity index (χ3v) is 3.34. The second-order valence-electron chi connectivity index (χ2n) is 3.82. The third kappa shape index (κ3) is 4.12. The first-order valence-corrected chi connectivity index (χ1v) is 7.04. The first kappa shape index (κ1) is 14.2. The molecule has 2 rings (SSSR count). The number of halogens is 2. The molecule has 0 saturated carbocycles. The third-order valence-electron chi connectivity index (χ3n) is 2.24. The monoisotopic (exact) mass is 301 g/mol. The van der Waals surface area contributed by atoms with Crippen molar-refractivity contribution in [2.75, 3.05) is 6.54 Å². The van der Waals surface area contributed by atoms with Crippen LogP contribution >= 0.6 is 22.9 Å². The van der Waals surface area contributed by atoms with Crippen LogP contribution in [0.5, 0.6) is 10.9 Å². The first-order valence-electron chi connectivity index (χ1n) is 5.85. The predicted octanol–water partition coefficient (Wildman–Crippen LogP) is 3.62. The summed E-state index contributed by atoms with van der Waals surface area (Å²) in [4.78, 5) is 0. The van der Waals surface area contributed by atoms with Crippen LogP contribution in [0.1, 0.15) is 18.4 Å². The highest BCUT2D eigenvalue weighted by molar-refractivity contribution is 7.13. The second kappa shape index (κ2) is 6.79. The minimum absolute atomic E-state index is 0.209. The summed E-state index contributed by atoms with van der Waals surface area (Å²) < 4.78 is 18.4. The number of aromatic nitrogens is 2. The lowest BCUT2D eigenvalue weighted by Crippen LogP contribution is -2.13. The summed E-state index contributed by atoms with van der Waals surface area (Å²) in [5.74, 6) is -0.0358. The first-order chi connectivity index (χ1) is 9.19. The van der Waals surface area contributed by atoms with Crippen molar-refractivity contribution >= 4 is 22.9 Å². The summed E-state index contributed by atoms with van der Waals surface area (Å²) in [5, 5.41) is 12.6. The van der Waals surface area contributed by atoms with Gasteiger partial charge in [0.1, 0.15) is 16.6 Å². The fourth-order valence-corrected chi connectivity index (χ4v) is 2.25. The van der Waals surface area contributed by atoms with Crippen LogP contribution in [0.25, 0.3) is 0 Å². The lowest BCUT2D eigenvalue weighted by molar-refractivity contribution is 0.471. The van der Waals surface area contributed by atoms with E-state index in [0.29, 0.717) is 17.5 Å². The molecule has 0 saturated heterocycles. The van der Waals surface area contributed by atoms with Gasteiger partial charge in [0.2, 0.25) is 0 Å². The Morgan fingerprint density at radius 2 is 2.26 bits per heavy atom. The molecule has 19 heavy (non-hydrogen) atoms. The fraction of sp³-hybridized carbons (Fsp3) is 0.333. The highest BCUT2D eigenvalue weighted by atomic mass is 35.5. The van der Waals surface area contributed by atoms with Crippen molar-refractivity contribution in [3.8, 4) is 10.9 Å². The van der Waals surface area contributed by atoms with Gasteiger partial charge in [-0.2, -0.15) is 0 Å². The predicted molar refractivity (Wildman–Crippen MR) is 73.4 cm³/mol. The molecule has 1 heterocycles. The number of rotatable bonds is 6. The minimum Gasteiger partial charge on any atom is -0.428 e. The Morgan fingerprint density at radius 3 is 3.00 bits per heavy atom. The molecule has 7 heteroatoms. The molecule has 4 nitrogen and oxygen atoms in total. The van der Waals surface area contributed by atoms with Crippen molar-refractivity contribution in [2.45, 2.75) is 19.9 Å². The van der Waals surface area contributed by atoms with E-state index in [2.05, 4.69) is 22.4 Å². The lowest BCUT2D eigenvalue weighted by atomic mass is 10.3. The van der Waals surface area contributed by atoms with Crippen LogP contribution in [-0.4, -0.2) is 16.7 Å². The van der Waals surface area contributed by atoms with Crippen LogP contribution in [0.4, 0.5) is 4.39 Å². The molecule has 0 atom stereocenters. The molecule has 0 fully saturated rings. The molecule has 0 radical (unpaired) electrons. The van der Waals surface area contributed by atoms with Gasteiger partial charge in [0.05, 0.1) is 5.02 Å². The Hall–Kier alpha value is -1.24. The van der Waals surface area contributed by atoms with Crippen LogP contribution in [0.2, 0.25) is 5.02 Å². The maximum Gasteiger partial charge on any atom is 0.299 e. The van der Waals surface area contributed by atoms with Crippen LogP contribution in [-0.2, 0) is 6.54 Å². The van der Waals surface area contributed by atoms with E-state index in [9.17, 15) is 4.39 Å². The average molecular weight is 302 g/mol. The standard InChI is InChI=1S/C12H13ClFN3OS/c1-2-5-15-7-11-16-17-12(19-11)18-10-4-3-8(14)6-9(10)13/h3-4,6,15H,2,5,7H2,1H3. The normalized spacial score (nSPS) is 10.7. The Balaban J connectivity index is 1.99. The van der Waals surface area contributed by atoms with Gasteiger partial charge in [-0.15, -0.1) is 5.10 Å². The van der Waals surface area contributed by atoms with Gasteiger partial charge in [-0.3, -0.25) is 0 Å². The van der Waals surface area contributed by atoms with E-state index >= 15 is 0 Å². The summed E-state index contributed by atoms with van der Waals surface area (Å²) in [5.41, 5.74) is 0. The second-order valence-corrected chi connectivity index (χ2v) is 5.25. The lowest BCUT2D eigenvalue weighted by Gasteiger charge is -2.02. The highest BCUT2D eigenvalue weighted by Crippen LogP contribution is 2.31. The summed E-state index contributed by atoms with van der Waals surface area (Å²) in [6.07, 6.45) is 1.06. The fourth-order valence-electron chi connectivity index (χ4n) is 1.38. The Kier molecular flexibility index (Phi) is 5.07. The zero-order chi connectivity index (χ0) is 13.7. The van der Waals surface area contributed by atoms with Gasteiger partial charge in [-0.05, 0) is 31.2 Å². The molecule has 0 amide bonds. The van der Waals surface area contributed by atoms with Gasteiger partial charge in [0, 0.05) is 6.54 Å². The molecule has 2 aromatic rings. The number of hydrogen-bond donors (Lipinski definition) is 1. The van der Waals surface area contributed by atoms with Gasteiger partial charge in [0.25, 0.3) is 5.19 Å². The molecule has 1 aromatic carbocycles. The van der Waals surface area contributed by atoms with Crippen LogP contribution in [0.15, 0.2) is 18.2 Å². The Morgan fingerprint density at radius 1 is 1.42 bits per heavy atom. The Labute approximate surface area is 119 Å². The van der Waals surface area contributed by atoms with Crippen LogP contribution in [0, 0.1) is 5.82 Å². The van der Waals surface area contributed by atoms with E-state index in [1.807, 2.05) is 0 Å². The molecule has 0 spiro atoms. The zero-order valence-corrected chi connectivity index (χ0v) is 11.9. The maximum atomic E-state index is 12.9. The number of ether oxygens (including phenoxy) is 1. The van der Waals surface area contributed by atoms with E-state index in [0.717, 1.165) is 18.0 Å². The average Bonchev–Trinajstić information content (AvgIpc) is 2.81. The number of benzene rings is 1. The number of nitrogens with one attached hydrogen (secondary N) is 1. The topological polar surface area (TPSA) is 47.0 Å². The van der Waals surface area contributed by atoms with E-state index in [4.69, 9.17) is 16.3 Å². The molecule has 0 bridgehead atoms. The summed E-state index contributed by atoms with van der Waals surface area (Å²) in [6.45, 7) is 3.68. The zero-order valence-electron chi connectivity index (χ0n) is 10.3. The van der Waals surface area contributed by atoms with Crippen LogP contribution < -0.4 is 10.1 Å². The molecule has 102 valence electrons. The molecule has 1 N–H and O–H groups in total. The number of nitrogens with zero attached hydrogens (tertiary/aromatic N) is 2. The van der Waals surface area contributed by atoms with E-state index in [1.165, 1.54) is 29.5 Å². The van der Waals surface area contributed by atoms with Crippen molar-refractivity contribution in [2.24, 2.45) is 0 Å². The summed E-state index contributed by atoms with van der Waals surface area (Å²) >= 11 is 7.20. The molecule has 0 aliphatic rings. The van der Waals surface area contributed by atoms with E-state index < -0.39 is 5.82 Å². The van der Waals surface area contributed by atoms with Gasteiger partial charge in [-0.25, -0.2) is 4.39 Å². The summed E-state index contributed by atoms with van der Waals surface area (Å²) in [7, 11) is 0. The van der Waals surface area contributed by atoms with Crippen molar-refractivity contribution < 1.29 is 9.13 Å². The van der Waals surface area contributed by atoms with Gasteiger partial charge >= 0.3 is 0 Å². The van der Waals surface area contributed by atoms with Crippen molar-refractivity contribution in [1.29, 1.82) is 0 Å². The number of hydrogen-bond acceptors (Lipinski definition) is 5. The quantitative estimate of drug-likeness (QED) is 0.828. The van der Waals surface area contributed by atoms with Crippen molar-refractivity contribution in [3.63, 3.8) is 0 Å². The summed E-state index contributed by atoms with van der Waals surface area (Å²) in [6, 6.07) is 3.95. The molecule has 1 aromatic heterocycles. The van der Waals surface area contributed by atoms with E-state index in [-0.39, 0.29) is 5.02 Å². The van der Waals surface area contributed by atoms with Gasteiger partial charge in [-0.1, -0.05) is 35.0 Å². The van der Waals surface area contributed by atoms with Gasteiger partial charge < -0.3 is 10.1 Å². The van der Waals surface area contributed by atoms with E-state index in [1.54, 1.807) is 0 Å². The molecule has 0 aliphatic carbocycles. The van der Waals surface area contributed by atoms with Gasteiger partial charge in [0.15, 0.2) is 0 Å². The van der Waals surface area contributed by atoms with Crippen LogP contribution in [0.3, 0.4) is 0 Å². The molecule has 0 unspecified atom stereocenters. The molecule has 0 aliphatic heterocycles. The smallest absolute Gasteiger partial charge is 0.299 e. The maximum absolute atomic E-state index is 12.9. The Bertz CT molecular complexity index is 550. The molecular weight excluding hydrogens is 289 g/mol. The highest BCUT2D eigenvalue weighted by Gasteiger charge is 2.09. The SMILES string of the molecule is CCCNCc1nnc(Oc2ccc(F)cc2Cl)s1. The van der Waals surface area contributed by atoms with Crippen molar-refractivity contribution in [1.82, 2.24) is 15.5 Å². The largest absolute Gasteiger partial charge is 0.428 e.